The minimum atomic E-state index is -0.741. The monoisotopic (exact) mass is 517 g/mol. The maximum Gasteiger partial charge on any atom is 0.347 e. The molecule has 1 N–H and O–H groups in total. The number of thiazole rings is 1. The molecule has 2 amide bonds. The lowest BCUT2D eigenvalue weighted by Gasteiger charge is -2.39. The lowest BCUT2D eigenvalue weighted by atomic mass is 10.1. The van der Waals surface area contributed by atoms with Gasteiger partial charge in [-0.15, -0.1) is 0 Å². The van der Waals surface area contributed by atoms with Crippen molar-refractivity contribution in [3.05, 3.63) is 76.6 Å². The number of aromatic nitrogens is 3. The van der Waals surface area contributed by atoms with Crippen LogP contribution in [0, 0.1) is 6.92 Å². The second-order valence-corrected chi connectivity index (χ2v) is 9.54. The SMILES string of the molecule is Cc1csc(OC(=O)c2ccnc3c(C(=O)C(=O)N4CCN(C(=O)c5ccccc5)C[C@H]4C)c[nH]c23)n1. The molecule has 0 spiro atoms. The first-order valence-electron chi connectivity index (χ1n) is 11.6. The number of esters is 1. The van der Waals surface area contributed by atoms with E-state index in [1.165, 1.54) is 34.7 Å². The number of aromatic amines is 1. The predicted molar refractivity (Wildman–Crippen MR) is 136 cm³/mol. The molecule has 0 unspecified atom stereocenters. The summed E-state index contributed by atoms with van der Waals surface area (Å²) in [4.78, 5) is 66.4. The highest BCUT2D eigenvalue weighted by molar-refractivity contribution is 7.11. The first kappa shape index (κ1) is 24.3. The number of hydrogen-bond donors (Lipinski definition) is 1. The van der Waals surface area contributed by atoms with Crippen LogP contribution in [0.3, 0.4) is 0 Å². The Morgan fingerprint density at radius 1 is 1.08 bits per heavy atom. The van der Waals surface area contributed by atoms with Gasteiger partial charge in [0.1, 0.15) is 5.52 Å². The van der Waals surface area contributed by atoms with Gasteiger partial charge in [-0.3, -0.25) is 19.4 Å². The number of ether oxygens (including phenoxy) is 1. The lowest BCUT2D eigenvalue weighted by Crippen LogP contribution is -2.56. The normalized spacial score (nSPS) is 15.6. The molecule has 1 aliphatic heterocycles. The van der Waals surface area contributed by atoms with Gasteiger partial charge in [-0.25, -0.2) is 9.78 Å². The van der Waals surface area contributed by atoms with E-state index in [1.54, 1.807) is 48.4 Å². The number of nitrogens with zero attached hydrogens (tertiary/aromatic N) is 4. The zero-order valence-corrected chi connectivity index (χ0v) is 20.9. The minimum Gasteiger partial charge on any atom is -0.394 e. The summed E-state index contributed by atoms with van der Waals surface area (Å²) in [7, 11) is 0. The molecule has 4 aromatic rings. The molecule has 3 aromatic heterocycles. The van der Waals surface area contributed by atoms with Crippen LogP contribution in [0.2, 0.25) is 0 Å². The number of amides is 2. The van der Waals surface area contributed by atoms with Gasteiger partial charge in [-0.05, 0) is 32.0 Å². The fourth-order valence-corrected chi connectivity index (χ4v) is 4.98. The number of Topliss-reactive ketones (excluding diaryl/α,β-unsaturated/α-hetero) is 1. The quantitative estimate of drug-likeness (QED) is 0.245. The van der Waals surface area contributed by atoms with Crippen molar-refractivity contribution < 1.29 is 23.9 Å². The first-order valence-corrected chi connectivity index (χ1v) is 12.5. The van der Waals surface area contributed by atoms with Gasteiger partial charge in [0.05, 0.1) is 22.3 Å². The average Bonchev–Trinajstić information content (AvgIpc) is 3.53. The van der Waals surface area contributed by atoms with E-state index in [0.717, 1.165) is 5.69 Å². The molecule has 188 valence electrons. The van der Waals surface area contributed by atoms with Gasteiger partial charge in [0.25, 0.3) is 22.8 Å². The van der Waals surface area contributed by atoms with Crippen molar-refractivity contribution >= 4 is 45.9 Å². The molecule has 4 heterocycles. The largest absolute Gasteiger partial charge is 0.394 e. The number of pyridine rings is 1. The van der Waals surface area contributed by atoms with Crippen LogP contribution >= 0.6 is 11.3 Å². The summed E-state index contributed by atoms with van der Waals surface area (Å²) in [5.41, 5.74) is 2.05. The Labute approximate surface area is 215 Å². The molecule has 1 aliphatic rings. The smallest absolute Gasteiger partial charge is 0.347 e. The summed E-state index contributed by atoms with van der Waals surface area (Å²) in [6, 6.07) is 10.1. The van der Waals surface area contributed by atoms with Crippen LogP contribution in [0.1, 0.15) is 43.7 Å². The second-order valence-electron chi connectivity index (χ2n) is 8.72. The highest BCUT2D eigenvalue weighted by Gasteiger charge is 2.34. The summed E-state index contributed by atoms with van der Waals surface area (Å²) in [6.07, 6.45) is 2.76. The molecular weight excluding hydrogens is 494 g/mol. The summed E-state index contributed by atoms with van der Waals surface area (Å²) in [6.45, 7) is 4.45. The highest BCUT2D eigenvalue weighted by Crippen LogP contribution is 2.24. The molecule has 37 heavy (non-hydrogen) atoms. The Hall–Kier alpha value is -4.38. The molecule has 0 saturated carbocycles. The summed E-state index contributed by atoms with van der Waals surface area (Å²) in [5.74, 6) is -2.19. The third kappa shape index (κ3) is 4.73. The van der Waals surface area contributed by atoms with E-state index < -0.39 is 17.7 Å². The number of carbonyl (C=O) groups is 4. The van der Waals surface area contributed by atoms with Crippen molar-refractivity contribution in [2.24, 2.45) is 0 Å². The van der Waals surface area contributed by atoms with E-state index in [4.69, 9.17) is 4.74 Å². The van der Waals surface area contributed by atoms with Crippen molar-refractivity contribution in [2.75, 3.05) is 19.6 Å². The lowest BCUT2D eigenvalue weighted by molar-refractivity contribution is -0.130. The fraction of sp³-hybridized carbons (Fsp3) is 0.231. The molecule has 5 rings (SSSR count). The molecule has 1 fully saturated rings. The standard InChI is InChI=1S/C26H23N5O5S/c1-15-14-37-26(29-15)36-25(35)18-8-9-27-21-19(12-28-20(18)21)22(32)24(34)31-11-10-30(13-16(31)2)23(33)17-6-4-3-5-7-17/h3-9,12,14,16,28H,10-11,13H2,1-2H3/t16-/m1/s1. The van der Waals surface area contributed by atoms with Gasteiger partial charge in [-0.1, -0.05) is 29.5 Å². The van der Waals surface area contributed by atoms with Crippen LogP contribution in [0.4, 0.5) is 0 Å². The molecule has 0 radical (unpaired) electrons. The van der Waals surface area contributed by atoms with Crippen LogP contribution in [0.15, 0.2) is 54.2 Å². The van der Waals surface area contributed by atoms with E-state index in [2.05, 4.69) is 15.0 Å². The summed E-state index contributed by atoms with van der Waals surface area (Å²) < 4.78 is 5.35. The maximum atomic E-state index is 13.2. The van der Waals surface area contributed by atoms with Gasteiger partial charge in [-0.2, -0.15) is 0 Å². The van der Waals surface area contributed by atoms with Crippen molar-refractivity contribution in [3.63, 3.8) is 0 Å². The number of nitrogens with one attached hydrogen (secondary N) is 1. The summed E-state index contributed by atoms with van der Waals surface area (Å²) in [5, 5.41) is 1.98. The number of benzene rings is 1. The molecule has 1 aromatic carbocycles. The van der Waals surface area contributed by atoms with E-state index in [-0.39, 0.29) is 40.3 Å². The van der Waals surface area contributed by atoms with Crippen molar-refractivity contribution in [1.82, 2.24) is 24.8 Å². The Morgan fingerprint density at radius 2 is 1.86 bits per heavy atom. The van der Waals surface area contributed by atoms with Gasteiger partial charge in [0.15, 0.2) is 0 Å². The van der Waals surface area contributed by atoms with Crippen LogP contribution < -0.4 is 4.74 Å². The second kappa shape index (κ2) is 9.94. The number of fused-ring (bicyclic) bond motifs is 1. The number of carbonyl (C=O) groups excluding carboxylic acids is 4. The number of aryl methyl sites for hydroxylation is 1. The van der Waals surface area contributed by atoms with Gasteiger partial charge in [0.2, 0.25) is 0 Å². The molecule has 0 aliphatic carbocycles. The van der Waals surface area contributed by atoms with E-state index in [0.29, 0.717) is 24.2 Å². The zero-order valence-electron chi connectivity index (χ0n) is 20.1. The van der Waals surface area contributed by atoms with Crippen LogP contribution in [0.25, 0.3) is 11.0 Å². The third-order valence-corrected chi connectivity index (χ3v) is 7.04. The van der Waals surface area contributed by atoms with Gasteiger partial charge < -0.3 is 19.5 Å². The third-order valence-electron chi connectivity index (χ3n) is 6.20. The first-order chi connectivity index (χ1) is 17.8. The molecule has 0 bridgehead atoms. The van der Waals surface area contributed by atoms with Crippen LogP contribution in [-0.2, 0) is 4.79 Å². The maximum absolute atomic E-state index is 13.2. The Balaban J connectivity index is 1.31. The van der Waals surface area contributed by atoms with E-state index in [9.17, 15) is 19.2 Å². The average molecular weight is 518 g/mol. The van der Waals surface area contributed by atoms with E-state index >= 15 is 0 Å². The topological polar surface area (TPSA) is 126 Å². The molecule has 1 saturated heterocycles. The molecule has 10 nitrogen and oxygen atoms in total. The number of hydrogen-bond acceptors (Lipinski definition) is 8. The number of piperazine rings is 1. The van der Waals surface area contributed by atoms with Crippen molar-refractivity contribution in [1.29, 1.82) is 0 Å². The molecule has 1 atom stereocenters. The Morgan fingerprint density at radius 3 is 2.57 bits per heavy atom. The Bertz CT molecular complexity index is 1510. The van der Waals surface area contributed by atoms with Gasteiger partial charge in [0, 0.05) is 49.0 Å². The molecular formula is C26H23N5O5S. The predicted octanol–water partition coefficient (Wildman–Crippen LogP) is 3.10. The molecule has 11 heteroatoms. The zero-order chi connectivity index (χ0) is 26.1. The minimum absolute atomic E-state index is 0.0646. The van der Waals surface area contributed by atoms with Crippen LogP contribution in [-0.4, -0.2) is 74.0 Å². The number of ketones is 1. The van der Waals surface area contributed by atoms with Gasteiger partial charge >= 0.3 is 5.97 Å². The highest BCUT2D eigenvalue weighted by atomic mass is 32.1. The van der Waals surface area contributed by atoms with Crippen molar-refractivity contribution in [2.45, 2.75) is 19.9 Å². The fourth-order valence-electron chi connectivity index (χ4n) is 4.33. The number of rotatable bonds is 5. The van der Waals surface area contributed by atoms with E-state index in [1.807, 2.05) is 6.07 Å². The number of H-pyrrole nitrogens is 1. The summed E-state index contributed by atoms with van der Waals surface area (Å²) >= 11 is 1.20. The van der Waals surface area contributed by atoms with Crippen molar-refractivity contribution in [3.8, 4) is 5.19 Å². The van der Waals surface area contributed by atoms with Crippen LogP contribution in [0.5, 0.6) is 5.19 Å². The Kier molecular flexibility index (Phi) is 6.53.